The van der Waals surface area contributed by atoms with Crippen LogP contribution in [-0.4, -0.2) is 0 Å². The van der Waals surface area contributed by atoms with E-state index in [0.29, 0.717) is 0 Å². The van der Waals surface area contributed by atoms with E-state index in [1.54, 1.807) is 0 Å². The largest absolute Gasteiger partial charge is 0.314 e. The Kier molecular flexibility index (Phi) is 8.28. The van der Waals surface area contributed by atoms with Gasteiger partial charge in [-0.25, -0.2) is 0 Å². The van der Waals surface area contributed by atoms with Crippen LogP contribution in [0.5, 0.6) is 0 Å². The molecule has 0 amide bonds. The minimum absolute atomic E-state index is 0.149. The van der Waals surface area contributed by atoms with Crippen LogP contribution in [0.4, 0.5) is 11.4 Å². The number of anilines is 2. The maximum atomic E-state index is 4.14. The lowest BCUT2D eigenvalue weighted by Gasteiger charge is -2.32. The second-order valence-corrected chi connectivity index (χ2v) is 14.1. The van der Waals surface area contributed by atoms with Gasteiger partial charge in [-0.15, -0.1) is 0 Å². The number of nitrogens with zero attached hydrogens (tertiary/aromatic N) is 1. The first-order chi connectivity index (χ1) is 24.9. The second kappa shape index (κ2) is 13.1. The lowest BCUT2D eigenvalue weighted by Crippen LogP contribution is -2.24. The summed E-state index contributed by atoms with van der Waals surface area (Å²) in [6.45, 7) is 12.9. The molecule has 0 aromatic heterocycles. The van der Waals surface area contributed by atoms with Crippen molar-refractivity contribution in [3.05, 3.63) is 221 Å². The predicted octanol–water partition coefficient (Wildman–Crippen LogP) is 13.3. The van der Waals surface area contributed by atoms with E-state index in [1.807, 2.05) is 6.08 Å². The molecule has 51 heavy (non-hydrogen) atoms. The van der Waals surface area contributed by atoms with Gasteiger partial charge in [0.2, 0.25) is 0 Å². The quantitative estimate of drug-likeness (QED) is 0.157. The Labute approximate surface area is 303 Å². The molecule has 5 aromatic rings. The van der Waals surface area contributed by atoms with Crippen LogP contribution in [0.3, 0.4) is 0 Å². The van der Waals surface area contributed by atoms with E-state index in [2.05, 4.69) is 203 Å². The number of allylic oxidation sites excluding steroid dienone is 12. The highest BCUT2D eigenvalue weighted by molar-refractivity contribution is 5.93. The van der Waals surface area contributed by atoms with Gasteiger partial charge < -0.3 is 4.90 Å². The molecule has 3 aliphatic rings. The molecule has 0 saturated heterocycles. The van der Waals surface area contributed by atoms with Crippen LogP contribution >= 0.6 is 0 Å². The molecule has 5 aromatic carbocycles. The number of fused-ring (bicyclic) bond motifs is 7. The first-order valence-corrected chi connectivity index (χ1v) is 18.0. The summed E-state index contributed by atoms with van der Waals surface area (Å²) in [5.74, 6) is 0.149. The van der Waals surface area contributed by atoms with Crippen LogP contribution in [0.1, 0.15) is 49.9 Å². The van der Waals surface area contributed by atoms with Crippen LogP contribution in [0.25, 0.3) is 27.8 Å². The Balaban J connectivity index is 1.32. The summed E-state index contributed by atoms with van der Waals surface area (Å²) < 4.78 is 0. The van der Waals surface area contributed by atoms with E-state index in [0.717, 1.165) is 22.5 Å². The topological polar surface area (TPSA) is 3.24 Å². The van der Waals surface area contributed by atoms with Gasteiger partial charge in [0.1, 0.15) is 0 Å². The zero-order valence-corrected chi connectivity index (χ0v) is 29.9. The molecular formula is C50H43N. The first kappa shape index (κ1) is 32.3. The van der Waals surface area contributed by atoms with Crippen LogP contribution in [0.2, 0.25) is 0 Å². The van der Waals surface area contributed by atoms with Crippen molar-refractivity contribution in [2.24, 2.45) is 5.92 Å². The third kappa shape index (κ3) is 5.50. The highest BCUT2D eigenvalue weighted by atomic mass is 15.2. The number of hydrogen-bond acceptors (Lipinski definition) is 1. The van der Waals surface area contributed by atoms with Gasteiger partial charge in [0.05, 0.1) is 5.41 Å². The SMILES string of the molecule is C=C/C(=C\C=C(C)C)C1=CC=C(N(c2ccc(-c3ccccc3)cc2)c2ccc3c(c2)C2(C=C(C)c4ccccc42)c2ccccc2-3)C(C)C=C1. The summed E-state index contributed by atoms with van der Waals surface area (Å²) in [5.41, 5.74) is 18.4. The van der Waals surface area contributed by atoms with Crippen molar-refractivity contribution in [2.45, 2.75) is 33.1 Å². The van der Waals surface area contributed by atoms with Gasteiger partial charge in [-0.3, -0.25) is 0 Å². The molecule has 3 aliphatic carbocycles. The lowest BCUT2D eigenvalue weighted by atomic mass is 9.74. The molecule has 1 spiro atoms. The normalized spacial score (nSPS) is 18.5. The molecule has 0 saturated carbocycles. The molecule has 0 radical (unpaired) electrons. The number of rotatable bonds is 7. The summed E-state index contributed by atoms with van der Waals surface area (Å²) in [6, 6.07) is 44.7. The van der Waals surface area contributed by atoms with Crippen LogP contribution in [0.15, 0.2) is 199 Å². The summed E-state index contributed by atoms with van der Waals surface area (Å²) in [6.07, 6.45) is 17.9. The van der Waals surface area contributed by atoms with Gasteiger partial charge in [-0.05, 0) is 112 Å². The molecule has 0 aliphatic heterocycles. The first-order valence-electron chi connectivity index (χ1n) is 18.0. The van der Waals surface area contributed by atoms with Crippen molar-refractivity contribution in [1.82, 2.24) is 0 Å². The van der Waals surface area contributed by atoms with Gasteiger partial charge in [0, 0.05) is 23.0 Å². The lowest BCUT2D eigenvalue weighted by molar-refractivity contribution is 0.814. The summed E-state index contributed by atoms with van der Waals surface area (Å²) in [7, 11) is 0. The fourth-order valence-electron chi connectivity index (χ4n) is 8.16. The van der Waals surface area contributed by atoms with E-state index in [4.69, 9.17) is 0 Å². The molecule has 2 atom stereocenters. The highest BCUT2D eigenvalue weighted by Gasteiger charge is 2.47. The average Bonchev–Trinajstić information content (AvgIpc) is 3.53. The second-order valence-electron chi connectivity index (χ2n) is 14.1. The highest BCUT2D eigenvalue weighted by Crippen LogP contribution is 2.59. The molecule has 0 bridgehead atoms. The Bertz CT molecular complexity index is 2350. The molecule has 0 fully saturated rings. The van der Waals surface area contributed by atoms with Gasteiger partial charge in [-0.2, -0.15) is 0 Å². The molecule has 2 unspecified atom stereocenters. The zero-order chi connectivity index (χ0) is 35.1. The molecule has 248 valence electrons. The molecule has 8 rings (SSSR count). The van der Waals surface area contributed by atoms with E-state index in [9.17, 15) is 0 Å². The molecule has 0 heterocycles. The van der Waals surface area contributed by atoms with Gasteiger partial charge in [0.15, 0.2) is 0 Å². The van der Waals surface area contributed by atoms with Crippen molar-refractivity contribution in [1.29, 1.82) is 0 Å². The summed E-state index contributed by atoms with van der Waals surface area (Å²) in [4.78, 5) is 2.46. The maximum absolute atomic E-state index is 4.14. The Morgan fingerprint density at radius 3 is 2.02 bits per heavy atom. The van der Waals surface area contributed by atoms with Gasteiger partial charge in [-0.1, -0.05) is 159 Å². The number of benzene rings is 5. The zero-order valence-electron chi connectivity index (χ0n) is 29.9. The number of hydrogen-bond donors (Lipinski definition) is 0. The van der Waals surface area contributed by atoms with Crippen molar-refractivity contribution in [3.63, 3.8) is 0 Å². The average molecular weight is 658 g/mol. The minimum Gasteiger partial charge on any atom is -0.314 e. The summed E-state index contributed by atoms with van der Waals surface area (Å²) in [5, 5.41) is 0. The third-order valence-electron chi connectivity index (χ3n) is 10.6. The van der Waals surface area contributed by atoms with Crippen molar-refractivity contribution >= 4 is 16.9 Å². The molecular weight excluding hydrogens is 615 g/mol. The molecule has 0 N–H and O–H groups in total. The third-order valence-corrected chi connectivity index (χ3v) is 10.6. The van der Waals surface area contributed by atoms with Crippen molar-refractivity contribution in [2.75, 3.05) is 4.90 Å². The maximum Gasteiger partial charge on any atom is 0.0656 e. The predicted molar refractivity (Wildman–Crippen MR) is 218 cm³/mol. The van der Waals surface area contributed by atoms with Gasteiger partial charge in [0.25, 0.3) is 0 Å². The smallest absolute Gasteiger partial charge is 0.0656 e. The Morgan fingerprint density at radius 2 is 1.29 bits per heavy atom. The summed E-state index contributed by atoms with van der Waals surface area (Å²) >= 11 is 0. The Morgan fingerprint density at radius 1 is 0.667 bits per heavy atom. The van der Waals surface area contributed by atoms with E-state index >= 15 is 0 Å². The molecule has 1 nitrogen and oxygen atoms in total. The monoisotopic (exact) mass is 657 g/mol. The molecule has 1 heteroatoms. The van der Waals surface area contributed by atoms with Crippen LogP contribution in [-0.2, 0) is 5.41 Å². The fraction of sp³-hybridized carbons (Fsp3) is 0.120. The fourth-order valence-corrected chi connectivity index (χ4v) is 8.16. The standard InChI is InChI=1S/C50H43N/c1-6-37(22-20-34(2)3)39-23-21-35(4)49(31-26-39)51(41-27-24-40(25-28-41)38-14-8-7-9-15-38)42-29-30-45-44-17-11-13-19-47(44)50(48(45)32-42)33-36(5)43-16-10-12-18-46(43)50/h6-33,35H,1H2,2-5H3/b37-22+. The Hall–Kier alpha value is -5.92. The van der Waals surface area contributed by atoms with E-state index < -0.39 is 0 Å². The van der Waals surface area contributed by atoms with Crippen molar-refractivity contribution < 1.29 is 0 Å². The van der Waals surface area contributed by atoms with E-state index in [1.165, 1.54) is 61.4 Å². The van der Waals surface area contributed by atoms with Gasteiger partial charge >= 0.3 is 0 Å². The van der Waals surface area contributed by atoms with Crippen LogP contribution < -0.4 is 4.90 Å². The van der Waals surface area contributed by atoms with Crippen LogP contribution in [0, 0.1) is 5.92 Å². The van der Waals surface area contributed by atoms with Crippen molar-refractivity contribution in [3.8, 4) is 22.3 Å². The van der Waals surface area contributed by atoms with E-state index in [-0.39, 0.29) is 11.3 Å². The minimum atomic E-state index is -0.337.